The smallest absolute Gasteiger partial charge is 0.307 e. The van der Waals surface area contributed by atoms with Crippen molar-refractivity contribution in [3.8, 4) is 0 Å². The SMILES string of the molecule is COCCn1cc(NC(=O)[C@H]2CC(C)C[C@H]2C(=O)O)cn1. The molecule has 2 N–H and O–H groups in total. The van der Waals surface area contributed by atoms with E-state index in [1.54, 1.807) is 24.2 Å². The van der Waals surface area contributed by atoms with Gasteiger partial charge in [-0.25, -0.2) is 0 Å². The van der Waals surface area contributed by atoms with Gasteiger partial charge < -0.3 is 15.2 Å². The number of anilines is 1. The van der Waals surface area contributed by atoms with Crippen molar-refractivity contribution >= 4 is 17.6 Å². The van der Waals surface area contributed by atoms with Gasteiger partial charge >= 0.3 is 5.97 Å². The van der Waals surface area contributed by atoms with Crippen LogP contribution < -0.4 is 5.32 Å². The predicted octanol–water partition coefficient (Wildman–Crippen LogP) is 1.21. The highest BCUT2D eigenvalue weighted by atomic mass is 16.5. The lowest BCUT2D eigenvalue weighted by Gasteiger charge is -2.14. The molecule has 7 nitrogen and oxygen atoms in total. The fraction of sp³-hybridized carbons (Fsp3) is 0.643. The van der Waals surface area contributed by atoms with Gasteiger partial charge in [0.25, 0.3) is 0 Å². The molecule has 1 aliphatic rings. The zero-order valence-corrected chi connectivity index (χ0v) is 12.3. The van der Waals surface area contributed by atoms with Gasteiger partial charge in [0.2, 0.25) is 5.91 Å². The molecule has 1 heterocycles. The number of methoxy groups -OCH3 is 1. The van der Waals surface area contributed by atoms with Gasteiger partial charge in [-0.3, -0.25) is 14.3 Å². The standard InChI is InChI=1S/C14H21N3O4/c1-9-5-11(12(6-9)14(19)20)13(18)16-10-7-15-17(8-10)3-4-21-2/h7-9,11-12H,3-6H2,1-2H3,(H,16,18)(H,19,20)/t9?,11-,12+/m0/s1. The number of nitrogens with one attached hydrogen (secondary N) is 1. The molecule has 1 aliphatic carbocycles. The van der Waals surface area contributed by atoms with Crippen molar-refractivity contribution in [2.45, 2.75) is 26.3 Å². The molecule has 7 heteroatoms. The average molecular weight is 295 g/mol. The third kappa shape index (κ3) is 3.81. The zero-order valence-electron chi connectivity index (χ0n) is 12.3. The Labute approximate surface area is 123 Å². The maximum absolute atomic E-state index is 12.3. The summed E-state index contributed by atoms with van der Waals surface area (Å²) in [6.07, 6.45) is 4.44. The number of aliphatic carboxylic acids is 1. The van der Waals surface area contributed by atoms with E-state index in [9.17, 15) is 14.7 Å². The van der Waals surface area contributed by atoms with E-state index in [0.29, 0.717) is 31.7 Å². The molecule has 0 radical (unpaired) electrons. The molecule has 0 aliphatic heterocycles. The molecule has 2 rings (SSSR count). The van der Waals surface area contributed by atoms with Crippen molar-refractivity contribution in [3.63, 3.8) is 0 Å². The van der Waals surface area contributed by atoms with Crippen molar-refractivity contribution in [1.29, 1.82) is 0 Å². The summed E-state index contributed by atoms with van der Waals surface area (Å²) in [7, 11) is 1.61. The second-order valence-electron chi connectivity index (χ2n) is 5.60. The summed E-state index contributed by atoms with van der Waals surface area (Å²) in [6.45, 7) is 3.12. The van der Waals surface area contributed by atoms with Crippen molar-refractivity contribution in [2.24, 2.45) is 17.8 Å². The van der Waals surface area contributed by atoms with Crippen LogP contribution in [0, 0.1) is 17.8 Å². The first-order valence-electron chi connectivity index (χ1n) is 7.06. The Bertz CT molecular complexity index is 514. The lowest BCUT2D eigenvalue weighted by atomic mass is 9.95. The third-order valence-corrected chi connectivity index (χ3v) is 3.88. The number of aromatic nitrogens is 2. The number of ether oxygens (including phenoxy) is 1. The minimum Gasteiger partial charge on any atom is -0.481 e. The molecule has 1 aromatic heterocycles. The lowest BCUT2D eigenvalue weighted by molar-refractivity contribution is -0.145. The van der Waals surface area contributed by atoms with Gasteiger partial charge in [0.05, 0.1) is 36.9 Å². The first kappa shape index (κ1) is 15.5. The number of hydrogen-bond donors (Lipinski definition) is 2. The molecule has 0 spiro atoms. The van der Waals surface area contributed by atoms with Crippen LogP contribution in [-0.4, -0.2) is 40.5 Å². The number of carbonyl (C=O) groups excluding carboxylic acids is 1. The van der Waals surface area contributed by atoms with Crippen LogP contribution in [0.3, 0.4) is 0 Å². The highest BCUT2D eigenvalue weighted by Crippen LogP contribution is 2.37. The number of hydrogen-bond acceptors (Lipinski definition) is 4. The Balaban J connectivity index is 1.97. The van der Waals surface area contributed by atoms with E-state index in [1.165, 1.54) is 0 Å². The van der Waals surface area contributed by atoms with E-state index in [0.717, 1.165) is 0 Å². The lowest BCUT2D eigenvalue weighted by Crippen LogP contribution is -2.29. The van der Waals surface area contributed by atoms with Crippen molar-refractivity contribution < 1.29 is 19.4 Å². The van der Waals surface area contributed by atoms with Crippen LogP contribution in [0.1, 0.15) is 19.8 Å². The average Bonchev–Trinajstić information content (AvgIpc) is 3.03. The number of carboxylic acids is 1. The normalized spacial score (nSPS) is 25.0. The van der Waals surface area contributed by atoms with Crippen LogP contribution in [0.15, 0.2) is 12.4 Å². The highest BCUT2D eigenvalue weighted by Gasteiger charge is 2.41. The summed E-state index contributed by atoms with van der Waals surface area (Å²) in [5, 5.41) is 16.1. The molecule has 0 aromatic carbocycles. The second-order valence-corrected chi connectivity index (χ2v) is 5.60. The van der Waals surface area contributed by atoms with E-state index >= 15 is 0 Å². The minimum absolute atomic E-state index is 0.238. The maximum Gasteiger partial charge on any atom is 0.307 e. The van der Waals surface area contributed by atoms with Crippen LogP contribution >= 0.6 is 0 Å². The number of amides is 1. The van der Waals surface area contributed by atoms with Crippen molar-refractivity contribution in [2.75, 3.05) is 19.0 Å². The predicted molar refractivity (Wildman–Crippen MR) is 75.7 cm³/mol. The molecule has 1 aromatic rings. The van der Waals surface area contributed by atoms with Crippen LogP contribution in [0.5, 0.6) is 0 Å². The third-order valence-electron chi connectivity index (χ3n) is 3.88. The largest absolute Gasteiger partial charge is 0.481 e. The molecule has 1 unspecified atom stereocenters. The summed E-state index contributed by atoms with van der Waals surface area (Å²) in [5.74, 6) is -1.94. The van der Waals surface area contributed by atoms with E-state index in [4.69, 9.17) is 4.74 Å². The number of rotatable bonds is 6. The van der Waals surface area contributed by atoms with E-state index in [1.807, 2.05) is 6.92 Å². The topological polar surface area (TPSA) is 93.5 Å². The monoisotopic (exact) mass is 295 g/mol. The van der Waals surface area contributed by atoms with Gasteiger partial charge in [-0.05, 0) is 18.8 Å². The highest BCUT2D eigenvalue weighted by molar-refractivity contribution is 5.95. The van der Waals surface area contributed by atoms with Crippen LogP contribution in [0.2, 0.25) is 0 Å². The van der Waals surface area contributed by atoms with E-state index in [-0.39, 0.29) is 11.8 Å². The first-order valence-corrected chi connectivity index (χ1v) is 7.06. The minimum atomic E-state index is -0.893. The van der Waals surface area contributed by atoms with Crippen molar-refractivity contribution in [3.05, 3.63) is 12.4 Å². The molecule has 116 valence electrons. The maximum atomic E-state index is 12.3. The van der Waals surface area contributed by atoms with Gasteiger partial charge in [0.15, 0.2) is 0 Å². The van der Waals surface area contributed by atoms with Crippen LogP contribution in [-0.2, 0) is 20.9 Å². The number of nitrogens with zero attached hydrogens (tertiary/aromatic N) is 2. The van der Waals surface area contributed by atoms with Gasteiger partial charge in [-0.15, -0.1) is 0 Å². The molecule has 3 atom stereocenters. The summed E-state index contributed by atoms with van der Waals surface area (Å²) in [5.41, 5.74) is 0.583. The Hall–Kier alpha value is -1.89. The summed E-state index contributed by atoms with van der Waals surface area (Å²) >= 11 is 0. The quantitative estimate of drug-likeness (QED) is 0.823. The van der Waals surface area contributed by atoms with E-state index in [2.05, 4.69) is 10.4 Å². The first-order chi connectivity index (χ1) is 10.0. The molecule has 0 saturated heterocycles. The molecular formula is C14H21N3O4. The summed E-state index contributed by atoms with van der Waals surface area (Å²) < 4.78 is 6.63. The summed E-state index contributed by atoms with van der Waals surface area (Å²) in [4.78, 5) is 23.5. The Morgan fingerprint density at radius 3 is 2.86 bits per heavy atom. The molecular weight excluding hydrogens is 274 g/mol. The zero-order chi connectivity index (χ0) is 15.4. The Kier molecular flexibility index (Phi) is 4.95. The van der Waals surface area contributed by atoms with Gasteiger partial charge in [0, 0.05) is 13.3 Å². The second kappa shape index (κ2) is 6.71. The number of carboxylic acid groups (broad SMARTS) is 1. The molecule has 1 fully saturated rings. The Morgan fingerprint density at radius 1 is 1.48 bits per heavy atom. The van der Waals surface area contributed by atoms with Gasteiger partial charge in [-0.1, -0.05) is 6.92 Å². The molecule has 0 bridgehead atoms. The van der Waals surface area contributed by atoms with Gasteiger partial charge in [-0.2, -0.15) is 5.10 Å². The van der Waals surface area contributed by atoms with Crippen LogP contribution in [0.4, 0.5) is 5.69 Å². The van der Waals surface area contributed by atoms with Crippen LogP contribution in [0.25, 0.3) is 0 Å². The van der Waals surface area contributed by atoms with E-state index < -0.39 is 17.8 Å². The fourth-order valence-electron chi connectivity index (χ4n) is 2.82. The fourth-order valence-corrected chi connectivity index (χ4v) is 2.82. The number of carbonyl (C=O) groups is 2. The van der Waals surface area contributed by atoms with Crippen molar-refractivity contribution in [1.82, 2.24) is 9.78 Å². The Morgan fingerprint density at radius 2 is 2.19 bits per heavy atom. The molecule has 1 amide bonds. The molecule has 21 heavy (non-hydrogen) atoms. The molecule has 1 saturated carbocycles. The van der Waals surface area contributed by atoms with Gasteiger partial charge in [0.1, 0.15) is 0 Å². The summed E-state index contributed by atoms with van der Waals surface area (Å²) in [6, 6.07) is 0.